The van der Waals surface area contributed by atoms with E-state index in [1.54, 1.807) is 42.2 Å². The van der Waals surface area contributed by atoms with Crippen molar-refractivity contribution in [1.82, 2.24) is 9.88 Å². The molecule has 0 saturated heterocycles. The minimum Gasteiger partial charge on any atom is -0.496 e. The third kappa shape index (κ3) is 3.65. The first-order chi connectivity index (χ1) is 12.8. The largest absolute Gasteiger partial charge is 0.496 e. The molecule has 7 nitrogen and oxygen atoms in total. The van der Waals surface area contributed by atoms with Gasteiger partial charge in [0.25, 0.3) is 5.91 Å². The lowest BCUT2D eigenvalue weighted by atomic mass is 9.94. The molecule has 3 rings (SSSR count). The van der Waals surface area contributed by atoms with E-state index in [9.17, 15) is 9.90 Å². The van der Waals surface area contributed by atoms with Crippen molar-refractivity contribution in [3.63, 3.8) is 0 Å². The summed E-state index contributed by atoms with van der Waals surface area (Å²) in [6, 6.07) is 6.73. The van der Waals surface area contributed by atoms with Crippen LogP contribution in [0, 0.1) is 0 Å². The van der Waals surface area contributed by atoms with Crippen molar-refractivity contribution < 1.29 is 19.4 Å². The molecule has 0 saturated carbocycles. The Labute approximate surface area is 163 Å². The SMILES string of the molecule is COc1ccc(OC)c2c1CN(C(=O)c1cc(Cl)nc(N(C)C)c1)C[C@@H]2O. The fourth-order valence-electron chi connectivity index (χ4n) is 3.25. The molecule has 27 heavy (non-hydrogen) atoms. The third-order valence-corrected chi connectivity index (χ3v) is 4.76. The minimum absolute atomic E-state index is 0.145. The van der Waals surface area contributed by atoms with Gasteiger partial charge in [0, 0.05) is 30.8 Å². The Morgan fingerprint density at radius 1 is 1.26 bits per heavy atom. The lowest BCUT2D eigenvalue weighted by Gasteiger charge is -2.34. The molecular weight excluding hydrogens is 370 g/mol. The maximum absolute atomic E-state index is 13.1. The molecule has 0 unspecified atom stereocenters. The Morgan fingerprint density at radius 3 is 2.56 bits per heavy atom. The molecule has 0 radical (unpaired) electrons. The summed E-state index contributed by atoms with van der Waals surface area (Å²) in [7, 11) is 6.76. The summed E-state index contributed by atoms with van der Waals surface area (Å²) in [5, 5.41) is 10.9. The van der Waals surface area contributed by atoms with Gasteiger partial charge in [-0.05, 0) is 24.3 Å². The number of carbonyl (C=O) groups is 1. The quantitative estimate of drug-likeness (QED) is 0.807. The summed E-state index contributed by atoms with van der Waals surface area (Å²) in [5.41, 5.74) is 1.80. The van der Waals surface area contributed by atoms with E-state index < -0.39 is 6.10 Å². The first-order valence-corrected chi connectivity index (χ1v) is 8.79. The zero-order valence-corrected chi connectivity index (χ0v) is 16.4. The van der Waals surface area contributed by atoms with Crippen LogP contribution in [-0.4, -0.2) is 55.8 Å². The number of ether oxygens (including phenoxy) is 2. The average Bonchev–Trinajstić information content (AvgIpc) is 2.65. The number of nitrogens with zero attached hydrogens (tertiary/aromatic N) is 3. The Kier molecular flexibility index (Phi) is 5.43. The number of pyridine rings is 1. The number of hydrogen-bond donors (Lipinski definition) is 1. The summed E-state index contributed by atoms with van der Waals surface area (Å²) in [4.78, 5) is 20.6. The van der Waals surface area contributed by atoms with Crippen LogP contribution in [0.1, 0.15) is 27.6 Å². The van der Waals surface area contributed by atoms with Crippen molar-refractivity contribution in [2.24, 2.45) is 0 Å². The summed E-state index contributed by atoms with van der Waals surface area (Å²) in [5.74, 6) is 1.52. The molecule has 1 aliphatic heterocycles. The van der Waals surface area contributed by atoms with Crippen LogP contribution in [0.4, 0.5) is 5.82 Å². The molecule has 0 aliphatic carbocycles. The second kappa shape index (κ2) is 7.62. The monoisotopic (exact) mass is 391 g/mol. The van der Waals surface area contributed by atoms with Crippen molar-refractivity contribution in [2.75, 3.05) is 39.8 Å². The molecule has 8 heteroatoms. The third-order valence-electron chi connectivity index (χ3n) is 4.56. The molecule has 1 aliphatic rings. The van der Waals surface area contributed by atoms with Crippen LogP contribution < -0.4 is 14.4 Å². The van der Waals surface area contributed by atoms with Gasteiger partial charge in [-0.2, -0.15) is 0 Å². The van der Waals surface area contributed by atoms with E-state index in [4.69, 9.17) is 21.1 Å². The number of β-amino-alcohol motifs (C(OH)–C–C–N with tert-alkyl or cyclic N) is 1. The maximum Gasteiger partial charge on any atom is 0.254 e. The van der Waals surface area contributed by atoms with Gasteiger partial charge < -0.3 is 24.4 Å². The second-order valence-electron chi connectivity index (χ2n) is 6.49. The lowest BCUT2D eigenvalue weighted by molar-refractivity contribution is 0.0538. The number of benzene rings is 1. The number of anilines is 1. The summed E-state index contributed by atoms with van der Waals surface area (Å²) in [6.07, 6.45) is -0.881. The first kappa shape index (κ1) is 19.3. The van der Waals surface area contributed by atoms with Crippen LogP contribution in [0.2, 0.25) is 5.15 Å². The van der Waals surface area contributed by atoms with Crippen molar-refractivity contribution in [3.8, 4) is 11.5 Å². The first-order valence-electron chi connectivity index (χ1n) is 8.41. The minimum atomic E-state index is -0.881. The molecule has 2 aromatic rings. The Bertz CT molecular complexity index is 872. The van der Waals surface area contributed by atoms with Crippen LogP contribution in [-0.2, 0) is 6.54 Å². The average molecular weight is 392 g/mol. The van der Waals surface area contributed by atoms with E-state index in [1.807, 2.05) is 14.1 Å². The van der Waals surface area contributed by atoms with Crippen molar-refractivity contribution in [1.29, 1.82) is 0 Å². The van der Waals surface area contributed by atoms with Gasteiger partial charge in [0.05, 0.1) is 27.3 Å². The van der Waals surface area contributed by atoms with Gasteiger partial charge in [-0.25, -0.2) is 4.98 Å². The van der Waals surface area contributed by atoms with E-state index in [1.165, 1.54) is 6.07 Å². The Hall–Kier alpha value is -2.51. The van der Waals surface area contributed by atoms with E-state index >= 15 is 0 Å². The number of halogens is 1. The van der Waals surface area contributed by atoms with Crippen molar-refractivity contribution >= 4 is 23.3 Å². The Balaban J connectivity index is 1.98. The van der Waals surface area contributed by atoms with Crippen LogP contribution in [0.5, 0.6) is 11.5 Å². The zero-order chi connectivity index (χ0) is 19.7. The van der Waals surface area contributed by atoms with E-state index in [2.05, 4.69) is 4.98 Å². The van der Waals surface area contributed by atoms with Crippen LogP contribution >= 0.6 is 11.6 Å². The van der Waals surface area contributed by atoms with E-state index in [0.29, 0.717) is 35.0 Å². The molecule has 144 valence electrons. The smallest absolute Gasteiger partial charge is 0.254 e. The number of aliphatic hydroxyl groups excluding tert-OH is 1. The standard InChI is InChI=1S/C19H22ClN3O4/c1-22(2)17-8-11(7-16(20)21-17)19(25)23-9-12-14(26-3)5-6-15(27-4)18(12)13(24)10-23/h5-8,13,24H,9-10H2,1-4H3/t13-/m0/s1. The number of methoxy groups -OCH3 is 2. The number of aromatic nitrogens is 1. The van der Waals surface area contributed by atoms with Gasteiger partial charge >= 0.3 is 0 Å². The van der Waals surface area contributed by atoms with E-state index in [-0.39, 0.29) is 17.6 Å². The molecule has 0 spiro atoms. The van der Waals surface area contributed by atoms with Crippen molar-refractivity contribution in [3.05, 3.63) is 46.1 Å². The summed E-state index contributed by atoms with van der Waals surface area (Å²) in [6.45, 7) is 0.440. The number of aliphatic hydroxyl groups is 1. The highest BCUT2D eigenvalue weighted by molar-refractivity contribution is 6.29. The number of fused-ring (bicyclic) bond motifs is 1. The highest BCUT2D eigenvalue weighted by Crippen LogP contribution is 2.39. The van der Waals surface area contributed by atoms with Crippen LogP contribution in [0.3, 0.4) is 0 Å². The molecule has 1 atom stereocenters. The molecule has 1 N–H and O–H groups in total. The van der Waals surface area contributed by atoms with Gasteiger partial charge in [-0.15, -0.1) is 0 Å². The summed E-state index contributed by atoms with van der Waals surface area (Å²) < 4.78 is 10.8. The van der Waals surface area contributed by atoms with Gasteiger partial charge in [0.1, 0.15) is 28.6 Å². The second-order valence-corrected chi connectivity index (χ2v) is 6.88. The van der Waals surface area contributed by atoms with Gasteiger partial charge in [0.15, 0.2) is 0 Å². The lowest BCUT2D eigenvalue weighted by Crippen LogP contribution is -2.38. The van der Waals surface area contributed by atoms with Gasteiger partial charge in [0.2, 0.25) is 0 Å². The Morgan fingerprint density at radius 2 is 1.93 bits per heavy atom. The predicted octanol–water partition coefficient (Wildman–Crippen LogP) is 2.51. The fourth-order valence-corrected chi connectivity index (χ4v) is 3.45. The number of hydrogen-bond acceptors (Lipinski definition) is 6. The number of amides is 1. The van der Waals surface area contributed by atoms with E-state index in [0.717, 1.165) is 5.56 Å². The van der Waals surface area contributed by atoms with Gasteiger partial charge in [-0.3, -0.25) is 4.79 Å². The topological polar surface area (TPSA) is 75.1 Å². The highest BCUT2D eigenvalue weighted by atomic mass is 35.5. The molecule has 0 bridgehead atoms. The normalized spacial score (nSPS) is 15.9. The van der Waals surface area contributed by atoms with Crippen molar-refractivity contribution in [2.45, 2.75) is 12.6 Å². The maximum atomic E-state index is 13.1. The number of rotatable bonds is 4. The number of carbonyl (C=O) groups excluding carboxylic acids is 1. The van der Waals surface area contributed by atoms with Crippen LogP contribution in [0.15, 0.2) is 24.3 Å². The summed E-state index contributed by atoms with van der Waals surface area (Å²) >= 11 is 6.08. The van der Waals surface area contributed by atoms with Gasteiger partial charge in [-0.1, -0.05) is 11.6 Å². The molecule has 1 amide bonds. The molecule has 0 fully saturated rings. The molecule has 1 aromatic carbocycles. The fraction of sp³-hybridized carbons (Fsp3) is 0.368. The molecule has 2 heterocycles. The van der Waals surface area contributed by atoms with Crippen LogP contribution in [0.25, 0.3) is 0 Å². The predicted molar refractivity (Wildman–Crippen MR) is 103 cm³/mol. The highest BCUT2D eigenvalue weighted by Gasteiger charge is 2.32. The molecular formula is C19H22ClN3O4. The molecule has 1 aromatic heterocycles. The zero-order valence-electron chi connectivity index (χ0n) is 15.7.